The molecule has 7 heteroatoms. The number of thiazole rings is 1. The number of benzene rings is 1. The first-order chi connectivity index (χ1) is 11.6. The molecular weight excluding hydrogens is 329 g/mol. The van der Waals surface area contributed by atoms with Gasteiger partial charge in [-0.3, -0.25) is 4.99 Å². The van der Waals surface area contributed by atoms with Crippen LogP contribution in [0, 0.1) is 5.82 Å². The number of nitrogens with one attached hydrogen (secondary N) is 1. The second-order valence-corrected chi connectivity index (χ2v) is 5.91. The van der Waals surface area contributed by atoms with E-state index in [0.29, 0.717) is 28.4 Å². The maximum atomic E-state index is 13.2. The van der Waals surface area contributed by atoms with Crippen LogP contribution in [0.3, 0.4) is 0 Å². The van der Waals surface area contributed by atoms with Gasteiger partial charge in [0, 0.05) is 11.1 Å². The molecule has 1 N–H and O–H groups in total. The highest BCUT2D eigenvalue weighted by Gasteiger charge is 2.31. The van der Waals surface area contributed by atoms with Crippen molar-refractivity contribution in [3.8, 4) is 0 Å². The molecule has 0 bridgehead atoms. The van der Waals surface area contributed by atoms with Crippen LogP contribution in [0.25, 0.3) is 0 Å². The minimum absolute atomic E-state index is 0.272. The summed E-state index contributed by atoms with van der Waals surface area (Å²) >= 11 is 1.46. The molecule has 24 heavy (non-hydrogen) atoms. The summed E-state index contributed by atoms with van der Waals surface area (Å²) in [4.78, 5) is 21.3. The summed E-state index contributed by atoms with van der Waals surface area (Å²) in [6, 6.07) is 5.39. The van der Waals surface area contributed by atoms with Crippen LogP contribution in [-0.4, -0.2) is 23.4 Å². The number of nitrogens with zero attached hydrogens (tertiary/aromatic N) is 2. The van der Waals surface area contributed by atoms with E-state index in [2.05, 4.69) is 15.3 Å². The van der Waals surface area contributed by atoms with Gasteiger partial charge in [-0.15, -0.1) is 11.3 Å². The number of hydrogen-bond acceptors (Lipinski definition) is 6. The SMILES string of the molecule is CCOC(=O)C1=C(C)NC(c2cscn2)=N[C@@H]1c1ccc(F)cc1. The third kappa shape index (κ3) is 3.21. The molecule has 0 fully saturated rings. The van der Waals surface area contributed by atoms with Crippen LogP contribution in [0.4, 0.5) is 4.39 Å². The summed E-state index contributed by atoms with van der Waals surface area (Å²) in [6.45, 7) is 3.82. The lowest BCUT2D eigenvalue weighted by molar-refractivity contribution is -0.138. The summed E-state index contributed by atoms with van der Waals surface area (Å²) in [6.07, 6.45) is 0. The minimum atomic E-state index is -0.567. The number of halogens is 1. The fraction of sp³-hybridized carbons (Fsp3) is 0.235. The predicted molar refractivity (Wildman–Crippen MR) is 90.3 cm³/mol. The third-order valence-corrected chi connectivity index (χ3v) is 4.18. The lowest BCUT2D eigenvalue weighted by Gasteiger charge is -2.25. The van der Waals surface area contributed by atoms with Crippen molar-refractivity contribution in [3.63, 3.8) is 0 Å². The Bertz CT molecular complexity index is 798. The van der Waals surface area contributed by atoms with E-state index in [1.165, 1.54) is 23.5 Å². The van der Waals surface area contributed by atoms with Crippen molar-refractivity contribution >= 4 is 23.1 Å². The molecular formula is C17H16FN3O2S. The summed E-state index contributed by atoms with van der Waals surface area (Å²) in [5.41, 5.74) is 4.21. The van der Waals surface area contributed by atoms with Crippen LogP contribution in [0.15, 0.2) is 51.4 Å². The molecule has 0 saturated heterocycles. The normalized spacial score (nSPS) is 17.3. The Hall–Kier alpha value is -2.54. The van der Waals surface area contributed by atoms with Crippen molar-refractivity contribution in [3.05, 3.63) is 63.5 Å². The lowest BCUT2D eigenvalue weighted by atomic mass is 9.96. The van der Waals surface area contributed by atoms with Gasteiger partial charge in [0.25, 0.3) is 0 Å². The van der Waals surface area contributed by atoms with E-state index < -0.39 is 12.0 Å². The number of aromatic nitrogens is 1. The third-order valence-electron chi connectivity index (χ3n) is 3.60. The first kappa shape index (κ1) is 16.3. The second kappa shape index (κ2) is 6.92. The number of carbonyl (C=O) groups excluding carboxylic acids is 1. The van der Waals surface area contributed by atoms with Crippen LogP contribution in [0.5, 0.6) is 0 Å². The van der Waals surface area contributed by atoms with E-state index in [1.807, 2.05) is 5.38 Å². The fourth-order valence-electron chi connectivity index (χ4n) is 2.50. The Kier molecular flexibility index (Phi) is 4.71. The number of hydrogen-bond donors (Lipinski definition) is 1. The zero-order valence-electron chi connectivity index (χ0n) is 13.2. The zero-order valence-corrected chi connectivity index (χ0v) is 14.1. The predicted octanol–water partition coefficient (Wildman–Crippen LogP) is 3.21. The molecule has 1 aliphatic heterocycles. The van der Waals surface area contributed by atoms with Crippen molar-refractivity contribution in [2.45, 2.75) is 19.9 Å². The van der Waals surface area contributed by atoms with Crippen molar-refractivity contribution in [2.75, 3.05) is 6.61 Å². The number of esters is 1. The van der Waals surface area contributed by atoms with Crippen molar-refractivity contribution in [2.24, 2.45) is 4.99 Å². The van der Waals surface area contributed by atoms with Gasteiger partial charge in [0.1, 0.15) is 17.6 Å². The van der Waals surface area contributed by atoms with Crippen LogP contribution in [0.2, 0.25) is 0 Å². The van der Waals surface area contributed by atoms with Gasteiger partial charge in [-0.25, -0.2) is 14.2 Å². The van der Waals surface area contributed by atoms with Crippen molar-refractivity contribution in [1.29, 1.82) is 0 Å². The first-order valence-corrected chi connectivity index (χ1v) is 8.41. The number of rotatable bonds is 4. The van der Waals surface area contributed by atoms with Gasteiger partial charge in [-0.1, -0.05) is 12.1 Å². The van der Waals surface area contributed by atoms with Gasteiger partial charge >= 0.3 is 5.97 Å². The number of carbonyl (C=O) groups is 1. The molecule has 5 nitrogen and oxygen atoms in total. The molecule has 0 unspecified atom stereocenters. The maximum Gasteiger partial charge on any atom is 0.338 e. The molecule has 1 atom stereocenters. The topological polar surface area (TPSA) is 63.6 Å². The molecule has 2 heterocycles. The zero-order chi connectivity index (χ0) is 17.1. The Balaban J connectivity index is 2.06. The number of aliphatic imine (C=N–C) groups is 1. The average Bonchev–Trinajstić information content (AvgIpc) is 3.09. The van der Waals surface area contributed by atoms with Gasteiger partial charge in [0.2, 0.25) is 0 Å². The summed E-state index contributed by atoms with van der Waals surface area (Å²) < 4.78 is 18.4. The monoisotopic (exact) mass is 345 g/mol. The smallest absolute Gasteiger partial charge is 0.338 e. The van der Waals surface area contributed by atoms with E-state index in [0.717, 1.165) is 0 Å². The Morgan fingerprint density at radius 1 is 1.38 bits per heavy atom. The molecule has 1 aliphatic rings. The van der Waals surface area contributed by atoms with E-state index in [9.17, 15) is 9.18 Å². The Morgan fingerprint density at radius 2 is 2.12 bits per heavy atom. The minimum Gasteiger partial charge on any atom is -0.463 e. The van der Waals surface area contributed by atoms with Crippen LogP contribution < -0.4 is 5.32 Å². The molecule has 0 radical (unpaired) electrons. The van der Waals surface area contributed by atoms with Gasteiger partial charge in [0.15, 0.2) is 5.84 Å². The highest BCUT2D eigenvalue weighted by atomic mass is 32.1. The maximum absolute atomic E-state index is 13.2. The molecule has 1 aromatic heterocycles. The second-order valence-electron chi connectivity index (χ2n) is 5.19. The number of ether oxygens (including phenoxy) is 1. The summed E-state index contributed by atoms with van der Waals surface area (Å²) in [7, 11) is 0. The summed E-state index contributed by atoms with van der Waals surface area (Å²) in [5, 5.41) is 4.99. The van der Waals surface area contributed by atoms with Gasteiger partial charge in [-0.2, -0.15) is 0 Å². The molecule has 124 valence electrons. The van der Waals surface area contributed by atoms with E-state index in [-0.39, 0.29) is 12.4 Å². The summed E-state index contributed by atoms with van der Waals surface area (Å²) in [5.74, 6) is -0.191. The van der Waals surface area contributed by atoms with E-state index in [4.69, 9.17) is 4.74 Å². The van der Waals surface area contributed by atoms with Crippen molar-refractivity contribution < 1.29 is 13.9 Å². The largest absolute Gasteiger partial charge is 0.463 e. The van der Waals surface area contributed by atoms with E-state index >= 15 is 0 Å². The number of allylic oxidation sites excluding steroid dienone is 1. The molecule has 0 amide bonds. The fourth-order valence-corrected chi connectivity index (χ4v) is 3.03. The molecule has 2 aromatic rings. The molecule has 1 aromatic carbocycles. The molecule has 3 rings (SSSR count). The van der Waals surface area contributed by atoms with Crippen LogP contribution in [0.1, 0.15) is 31.1 Å². The Labute approximate surface area is 142 Å². The number of amidine groups is 1. The average molecular weight is 345 g/mol. The lowest BCUT2D eigenvalue weighted by Crippen LogP contribution is -2.33. The van der Waals surface area contributed by atoms with Crippen molar-refractivity contribution in [1.82, 2.24) is 10.3 Å². The molecule has 0 saturated carbocycles. The van der Waals surface area contributed by atoms with E-state index in [1.54, 1.807) is 31.5 Å². The van der Waals surface area contributed by atoms with Gasteiger partial charge in [0.05, 0.1) is 17.7 Å². The standard InChI is InChI=1S/C17H16FN3O2S/c1-3-23-17(22)14-10(2)20-16(13-8-24-9-19-13)21-15(14)11-4-6-12(18)7-5-11/h4-9,15H,3H2,1-2H3,(H,20,21)/t15-/m1/s1. The highest BCUT2D eigenvalue weighted by Crippen LogP contribution is 2.32. The first-order valence-electron chi connectivity index (χ1n) is 7.47. The van der Waals surface area contributed by atoms with Crippen LogP contribution >= 0.6 is 11.3 Å². The van der Waals surface area contributed by atoms with Gasteiger partial charge in [-0.05, 0) is 31.5 Å². The highest BCUT2D eigenvalue weighted by molar-refractivity contribution is 7.07. The quantitative estimate of drug-likeness (QED) is 0.864. The Morgan fingerprint density at radius 3 is 2.75 bits per heavy atom. The molecule has 0 spiro atoms. The molecule has 0 aliphatic carbocycles. The van der Waals surface area contributed by atoms with Crippen LogP contribution in [-0.2, 0) is 9.53 Å². The van der Waals surface area contributed by atoms with Gasteiger partial charge < -0.3 is 10.1 Å².